The normalized spacial score (nSPS) is 21.2. The fourth-order valence-electron chi connectivity index (χ4n) is 3.10. The molecule has 0 aromatic rings. The lowest BCUT2D eigenvalue weighted by molar-refractivity contribution is -0.130. The van der Waals surface area contributed by atoms with E-state index in [0.29, 0.717) is 30.7 Å². The van der Waals surface area contributed by atoms with Crippen LogP contribution in [0.4, 0.5) is 0 Å². The molecule has 1 aliphatic heterocycles. The van der Waals surface area contributed by atoms with E-state index >= 15 is 0 Å². The van der Waals surface area contributed by atoms with Gasteiger partial charge in [0.1, 0.15) is 0 Å². The number of carbonyl (C=O) groups excluding carboxylic acids is 1. The van der Waals surface area contributed by atoms with Gasteiger partial charge >= 0.3 is 0 Å². The van der Waals surface area contributed by atoms with E-state index in [1.807, 2.05) is 4.90 Å². The van der Waals surface area contributed by atoms with Crippen molar-refractivity contribution in [3.05, 3.63) is 0 Å². The quantitative estimate of drug-likeness (QED) is 0.780. The van der Waals surface area contributed by atoms with Crippen LogP contribution in [0, 0.1) is 17.3 Å². The fraction of sp³-hybridized carbons (Fsp3) is 0.938. The lowest BCUT2D eigenvalue weighted by Crippen LogP contribution is -2.31. The number of hydrogen-bond acceptors (Lipinski definition) is 3. The molecule has 4 nitrogen and oxygen atoms in total. The minimum atomic E-state index is 0.225. The standard InChI is InChI=1S/C16H32N2O2/c1-16(2,3)14(7-9-17)5-6-15(19)18-10-8-13(11-18)12-20-4/h13-14H,5-12,17H2,1-4H3. The molecule has 0 aromatic carbocycles. The van der Waals surface area contributed by atoms with Gasteiger partial charge in [0.05, 0.1) is 6.61 Å². The van der Waals surface area contributed by atoms with Gasteiger partial charge in [-0.1, -0.05) is 20.8 Å². The van der Waals surface area contributed by atoms with Crippen LogP contribution in [-0.2, 0) is 9.53 Å². The molecule has 0 spiro atoms. The number of hydrogen-bond donors (Lipinski definition) is 1. The molecular weight excluding hydrogens is 252 g/mol. The molecule has 20 heavy (non-hydrogen) atoms. The van der Waals surface area contributed by atoms with Crippen molar-refractivity contribution in [3.63, 3.8) is 0 Å². The summed E-state index contributed by atoms with van der Waals surface area (Å²) in [6.45, 7) is 9.94. The van der Waals surface area contributed by atoms with E-state index in [-0.39, 0.29) is 5.41 Å². The molecule has 0 saturated carbocycles. The van der Waals surface area contributed by atoms with Crippen molar-refractivity contribution < 1.29 is 9.53 Å². The summed E-state index contributed by atoms with van der Waals surface area (Å²) in [4.78, 5) is 14.3. The summed E-state index contributed by atoms with van der Waals surface area (Å²) in [5.74, 6) is 1.34. The smallest absolute Gasteiger partial charge is 0.222 e. The lowest BCUT2D eigenvalue weighted by atomic mass is 9.76. The van der Waals surface area contributed by atoms with Crippen LogP contribution in [0.1, 0.15) is 46.5 Å². The molecule has 118 valence electrons. The molecular formula is C16H32N2O2. The molecule has 1 rings (SSSR count). The maximum Gasteiger partial charge on any atom is 0.222 e. The van der Waals surface area contributed by atoms with Crippen LogP contribution in [0.3, 0.4) is 0 Å². The highest BCUT2D eigenvalue weighted by molar-refractivity contribution is 5.76. The Balaban J connectivity index is 2.38. The van der Waals surface area contributed by atoms with Crippen LogP contribution in [-0.4, -0.2) is 44.2 Å². The number of likely N-dealkylation sites (tertiary alicyclic amines) is 1. The topological polar surface area (TPSA) is 55.6 Å². The SMILES string of the molecule is COCC1CCN(C(=O)CCC(CCN)C(C)(C)C)C1. The molecule has 2 atom stereocenters. The second-order valence-electron chi connectivity index (χ2n) is 7.13. The number of methoxy groups -OCH3 is 1. The zero-order valence-corrected chi connectivity index (χ0v) is 13.7. The van der Waals surface area contributed by atoms with Gasteiger partial charge in [-0.3, -0.25) is 4.79 Å². The Hall–Kier alpha value is -0.610. The monoisotopic (exact) mass is 284 g/mol. The van der Waals surface area contributed by atoms with E-state index < -0.39 is 0 Å². The summed E-state index contributed by atoms with van der Waals surface area (Å²) in [7, 11) is 1.73. The van der Waals surface area contributed by atoms with Crippen molar-refractivity contribution in [1.82, 2.24) is 4.90 Å². The van der Waals surface area contributed by atoms with Gasteiger partial charge in [0.25, 0.3) is 0 Å². The van der Waals surface area contributed by atoms with E-state index in [1.54, 1.807) is 7.11 Å². The van der Waals surface area contributed by atoms with Crippen LogP contribution in [0.15, 0.2) is 0 Å². The second-order valence-corrected chi connectivity index (χ2v) is 7.13. The average molecular weight is 284 g/mol. The van der Waals surface area contributed by atoms with Gasteiger partial charge in [-0.2, -0.15) is 0 Å². The molecule has 1 fully saturated rings. The highest BCUT2D eigenvalue weighted by atomic mass is 16.5. The Bertz CT molecular complexity index is 299. The van der Waals surface area contributed by atoms with Gasteiger partial charge in [-0.05, 0) is 37.1 Å². The van der Waals surface area contributed by atoms with Crippen LogP contribution < -0.4 is 5.73 Å². The molecule has 0 radical (unpaired) electrons. The summed E-state index contributed by atoms with van der Waals surface area (Å²) in [5.41, 5.74) is 5.92. The number of carbonyl (C=O) groups is 1. The largest absolute Gasteiger partial charge is 0.384 e. The third-order valence-corrected chi connectivity index (χ3v) is 4.49. The number of amides is 1. The molecule has 0 aliphatic carbocycles. The van der Waals surface area contributed by atoms with Gasteiger partial charge in [-0.15, -0.1) is 0 Å². The first-order valence-electron chi connectivity index (χ1n) is 7.85. The summed E-state index contributed by atoms with van der Waals surface area (Å²) >= 11 is 0. The Labute approximate surface area is 124 Å². The molecule has 1 heterocycles. The van der Waals surface area contributed by atoms with E-state index in [0.717, 1.165) is 39.0 Å². The van der Waals surface area contributed by atoms with Gasteiger partial charge in [0.15, 0.2) is 0 Å². The Morgan fingerprint density at radius 1 is 1.40 bits per heavy atom. The van der Waals surface area contributed by atoms with Gasteiger partial charge < -0.3 is 15.4 Å². The fourth-order valence-corrected chi connectivity index (χ4v) is 3.10. The van der Waals surface area contributed by atoms with Crippen molar-refractivity contribution in [2.45, 2.75) is 46.5 Å². The van der Waals surface area contributed by atoms with Gasteiger partial charge in [-0.25, -0.2) is 0 Å². The summed E-state index contributed by atoms with van der Waals surface area (Å²) in [5, 5.41) is 0. The van der Waals surface area contributed by atoms with Gasteiger partial charge in [0.2, 0.25) is 5.91 Å². The second kappa shape index (κ2) is 7.99. The summed E-state index contributed by atoms with van der Waals surface area (Å²) < 4.78 is 5.18. The van der Waals surface area contributed by atoms with Crippen molar-refractivity contribution >= 4 is 5.91 Å². The number of nitrogens with zero attached hydrogens (tertiary/aromatic N) is 1. The first-order chi connectivity index (χ1) is 9.38. The zero-order valence-electron chi connectivity index (χ0n) is 13.7. The average Bonchev–Trinajstić information content (AvgIpc) is 2.82. The summed E-state index contributed by atoms with van der Waals surface area (Å²) in [6, 6.07) is 0. The molecule has 4 heteroatoms. The van der Waals surface area contributed by atoms with Crippen LogP contribution in [0.2, 0.25) is 0 Å². The minimum Gasteiger partial charge on any atom is -0.384 e. The molecule has 2 unspecified atom stereocenters. The molecule has 0 aromatic heterocycles. The molecule has 0 bridgehead atoms. The minimum absolute atomic E-state index is 0.225. The van der Waals surface area contributed by atoms with E-state index in [2.05, 4.69) is 20.8 Å². The Morgan fingerprint density at radius 2 is 2.10 bits per heavy atom. The molecule has 1 aliphatic rings. The highest BCUT2D eigenvalue weighted by Gasteiger charge is 2.28. The van der Waals surface area contributed by atoms with E-state index in [9.17, 15) is 4.79 Å². The van der Waals surface area contributed by atoms with Crippen molar-refractivity contribution in [1.29, 1.82) is 0 Å². The highest BCUT2D eigenvalue weighted by Crippen LogP contribution is 2.32. The number of ether oxygens (including phenoxy) is 1. The third-order valence-electron chi connectivity index (χ3n) is 4.49. The number of rotatable bonds is 7. The molecule has 1 saturated heterocycles. The van der Waals surface area contributed by atoms with Crippen molar-refractivity contribution in [3.8, 4) is 0 Å². The summed E-state index contributed by atoms with van der Waals surface area (Å²) in [6.07, 6.45) is 3.68. The molecule has 2 N–H and O–H groups in total. The van der Waals surface area contributed by atoms with E-state index in [4.69, 9.17) is 10.5 Å². The third kappa shape index (κ3) is 5.41. The number of nitrogens with two attached hydrogens (primary N) is 1. The predicted molar refractivity (Wildman–Crippen MR) is 82.4 cm³/mol. The first-order valence-corrected chi connectivity index (χ1v) is 7.85. The van der Waals surface area contributed by atoms with Crippen LogP contribution >= 0.6 is 0 Å². The first kappa shape index (κ1) is 17.4. The Morgan fingerprint density at radius 3 is 2.65 bits per heavy atom. The van der Waals surface area contributed by atoms with Crippen LogP contribution in [0.5, 0.6) is 0 Å². The zero-order chi connectivity index (χ0) is 15.2. The maximum absolute atomic E-state index is 12.3. The van der Waals surface area contributed by atoms with Crippen LogP contribution in [0.25, 0.3) is 0 Å². The molecule has 1 amide bonds. The van der Waals surface area contributed by atoms with E-state index in [1.165, 1.54) is 0 Å². The van der Waals surface area contributed by atoms with Gasteiger partial charge in [0, 0.05) is 32.5 Å². The predicted octanol–water partition coefficient (Wildman–Crippen LogP) is 2.27. The Kier molecular flexibility index (Phi) is 6.96. The lowest BCUT2D eigenvalue weighted by Gasteiger charge is -2.31. The van der Waals surface area contributed by atoms with Crippen molar-refractivity contribution in [2.24, 2.45) is 23.0 Å². The maximum atomic E-state index is 12.3. The van der Waals surface area contributed by atoms with Crippen molar-refractivity contribution in [2.75, 3.05) is 33.4 Å².